The van der Waals surface area contributed by atoms with Crippen LogP contribution in [0.15, 0.2) is 29.2 Å². The van der Waals surface area contributed by atoms with Crippen LogP contribution in [0.1, 0.15) is 30.6 Å². The molecule has 0 amide bonds. The first-order valence-electron chi connectivity index (χ1n) is 5.66. The second kappa shape index (κ2) is 5.97. The van der Waals surface area contributed by atoms with Gasteiger partial charge in [0.05, 0.1) is 10.5 Å². The number of carbonyl (C=O) groups is 1. The molecule has 0 aliphatic heterocycles. The lowest BCUT2D eigenvalue weighted by Gasteiger charge is -2.10. The third kappa shape index (κ3) is 3.82. The molecule has 1 aromatic rings. The molecule has 0 fully saturated rings. The van der Waals surface area contributed by atoms with Crippen LogP contribution in [0.3, 0.4) is 0 Å². The molecule has 6 heteroatoms. The molecule has 5 nitrogen and oxygen atoms in total. The van der Waals surface area contributed by atoms with Gasteiger partial charge in [-0.25, -0.2) is 17.9 Å². The largest absolute Gasteiger partial charge is 0.478 e. The molecule has 100 valence electrons. The van der Waals surface area contributed by atoms with Gasteiger partial charge in [-0.3, -0.25) is 0 Å². The molecule has 0 saturated carbocycles. The summed E-state index contributed by atoms with van der Waals surface area (Å²) < 4.78 is 26.3. The molecule has 0 atom stereocenters. The minimum atomic E-state index is -3.76. The van der Waals surface area contributed by atoms with Crippen molar-refractivity contribution in [3.63, 3.8) is 0 Å². The van der Waals surface area contributed by atoms with Crippen molar-refractivity contribution in [2.45, 2.75) is 25.2 Å². The molecule has 1 aromatic carbocycles. The lowest BCUT2D eigenvalue weighted by molar-refractivity contribution is 0.0692. The van der Waals surface area contributed by atoms with E-state index in [0.29, 0.717) is 18.9 Å². The summed E-state index contributed by atoms with van der Waals surface area (Å²) in [6, 6.07) is 5.57. The van der Waals surface area contributed by atoms with Crippen molar-refractivity contribution in [2.75, 3.05) is 6.54 Å². The van der Waals surface area contributed by atoms with E-state index in [0.717, 1.165) is 0 Å². The van der Waals surface area contributed by atoms with Crippen LogP contribution in [-0.2, 0) is 10.0 Å². The highest BCUT2D eigenvalue weighted by molar-refractivity contribution is 7.89. The molecule has 0 radical (unpaired) electrons. The highest BCUT2D eigenvalue weighted by Crippen LogP contribution is 2.15. The Morgan fingerprint density at radius 2 is 1.94 bits per heavy atom. The molecule has 1 rings (SSSR count). The van der Waals surface area contributed by atoms with Gasteiger partial charge in [-0.05, 0) is 24.5 Å². The van der Waals surface area contributed by atoms with Crippen molar-refractivity contribution in [3.8, 4) is 0 Å². The lowest BCUT2D eigenvalue weighted by atomic mass is 10.1. The topological polar surface area (TPSA) is 83.5 Å². The second-order valence-electron chi connectivity index (χ2n) is 4.38. The predicted octanol–water partition coefficient (Wildman–Crippen LogP) is 1.71. The standard InChI is InChI=1S/C12H17NO4S/c1-9(2)7-8-13-18(16,17)11-6-4-3-5-10(11)12(14)15/h3-6,9,13H,7-8H2,1-2H3,(H,14,15). The minimum Gasteiger partial charge on any atom is -0.478 e. The van der Waals surface area contributed by atoms with Gasteiger partial charge in [0.15, 0.2) is 0 Å². The summed E-state index contributed by atoms with van der Waals surface area (Å²) >= 11 is 0. The number of sulfonamides is 1. The van der Waals surface area contributed by atoms with Crippen LogP contribution in [0.2, 0.25) is 0 Å². The van der Waals surface area contributed by atoms with Crippen molar-refractivity contribution in [3.05, 3.63) is 29.8 Å². The van der Waals surface area contributed by atoms with Gasteiger partial charge in [0.2, 0.25) is 10.0 Å². The van der Waals surface area contributed by atoms with Gasteiger partial charge < -0.3 is 5.11 Å². The Hall–Kier alpha value is -1.40. The fourth-order valence-electron chi connectivity index (χ4n) is 1.44. The first-order chi connectivity index (χ1) is 8.34. The summed E-state index contributed by atoms with van der Waals surface area (Å²) in [6.45, 7) is 4.27. The Bertz CT molecular complexity index is 523. The van der Waals surface area contributed by atoms with Crippen LogP contribution in [0, 0.1) is 5.92 Å². The lowest BCUT2D eigenvalue weighted by Crippen LogP contribution is -2.27. The third-order valence-corrected chi connectivity index (χ3v) is 3.94. The zero-order valence-electron chi connectivity index (χ0n) is 10.4. The van der Waals surface area contributed by atoms with E-state index >= 15 is 0 Å². The summed E-state index contributed by atoms with van der Waals surface area (Å²) in [5.41, 5.74) is -0.213. The Labute approximate surface area is 107 Å². The fraction of sp³-hybridized carbons (Fsp3) is 0.417. The van der Waals surface area contributed by atoms with Gasteiger partial charge in [-0.15, -0.1) is 0 Å². The summed E-state index contributed by atoms with van der Waals surface area (Å²) in [5.74, 6) is -0.873. The molecular weight excluding hydrogens is 254 g/mol. The van der Waals surface area contributed by atoms with Crippen LogP contribution in [0.25, 0.3) is 0 Å². The number of benzene rings is 1. The van der Waals surface area contributed by atoms with Crippen molar-refractivity contribution in [2.24, 2.45) is 5.92 Å². The number of aromatic carboxylic acids is 1. The average molecular weight is 271 g/mol. The molecule has 2 N–H and O–H groups in total. The van der Waals surface area contributed by atoms with E-state index < -0.39 is 16.0 Å². The van der Waals surface area contributed by atoms with E-state index in [1.54, 1.807) is 0 Å². The van der Waals surface area contributed by atoms with Gasteiger partial charge in [0.25, 0.3) is 0 Å². The van der Waals surface area contributed by atoms with Crippen LogP contribution in [0.5, 0.6) is 0 Å². The molecule has 18 heavy (non-hydrogen) atoms. The molecular formula is C12H17NO4S. The summed E-state index contributed by atoms with van der Waals surface area (Å²) in [6.07, 6.45) is 0.703. The van der Waals surface area contributed by atoms with Crippen LogP contribution < -0.4 is 4.72 Å². The molecule has 0 saturated heterocycles. The third-order valence-electron chi connectivity index (χ3n) is 2.42. The highest BCUT2D eigenvalue weighted by Gasteiger charge is 2.21. The minimum absolute atomic E-state index is 0.193. The number of carboxylic acids is 1. The maximum Gasteiger partial charge on any atom is 0.337 e. The van der Waals surface area contributed by atoms with Crippen molar-refractivity contribution < 1.29 is 18.3 Å². The van der Waals surface area contributed by atoms with E-state index in [2.05, 4.69) is 4.72 Å². The molecule has 0 bridgehead atoms. The quantitative estimate of drug-likeness (QED) is 0.825. The van der Waals surface area contributed by atoms with Crippen LogP contribution in [0.4, 0.5) is 0 Å². The second-order valence-corrected chi connectivity index (χ2v) is 6.12. The van der Waals surface area contributed by atoms with Crippen LogP contribution in [-0.4, -0.2) is 26.0 Å². The van der Waals surface area contributed by atoms with Crippen molar-refractivity contribution >= 4 is 16.0 Å². The van der Waals surface area contributed by atoms with Gasteiger partial charge in [-0.1, -0.05) is 26.0 Å². The number of nitrogens with one attached hydrogen (secondary N) is 1. The monoisotopic (exact) mass is 271 g/mol. The fourth-order valence-corrected chi connectivity index (χ4v) is 2.68. The Morgan fingerprint density at radius 1 is 1.33 bits per heavy atom. The summed E-state index contributed by atoms with van der Waals surface area (Å²) in [5, 5.41) is 8.95. The normalized spacial score (nSPS) is 11.7. The molecule has 0 aliphatic rings. The maximum atomic E-state index is 12.0. The van der Waals surface area contributed by atoms with E-state index in [9.17, 15) is 13.2 Å². The van der Waals surface area contributed by atoms with E-state index in [4.69, 9.17) is 5.11 Å². The van der Waals surface area contributed by atoms with Crippen LogP contribution >= 0.6 is 0 Å². The Kier molecular flexibility index (Phi) is 4.86. The Balaban J connectivity index is 2.95. The Morgan fingerprint density at radius 3 is 2.50 bits per heavy atom. The number of hydrogen-bond donors (Lipinski definition) is 2. The van der Waals surface area contributed by atoms with Gasteiger partial charge in [0, 0.05) is 6.54 Å². The van der Waals surface area contributed by atoms with Gasteiger partial charge in [0.1, 0.15) is 0 Å². The zero-order valence-corrected chi connectivity index (χ0v) is 11.2. The first-order valence-corrected chi connectivity index (χ1v) is 7.15. The van der Waals surface area contributed by atoms with E-state index in [1.165, 1.54) is 24.3 Å². The average Bonchev–Trinajstić information content (AvgIpc) is 2.28. The molecule has 0 spiro atoms. The van der Waals surface area contributed by atoms with Crippen molar-refractivity contribution in [1.82, 2.24) is 4.72 Å². The summed E-state index contributed by atoms with van der Waals surface area (Å²) in [7, 11) is -3.76. The number of hydrogen-bond acceptors (Lipinski definition) is 3. The number of rotatable bonds is 6. The van der Waals surface area contributed by atoms with E-state index in [-0.39, 0.29) is 10.5 Å². The van der Waals surface area contributed by atoms with Gasteiger partial charge >= 0.3 is 5.97 Å². The highest BCUT2D eigenvalue weighted by atomic mass is 32.2. The predicted molar refractivity (Wildman–Crippen MR) is 68.0 cm³/mol. The SMILES string of the molecule is CC(C)CCNS(=O)(=O)c1ccccc1C(=O)O. The van der Waals surface area contributed by atoms with E-state index in [1.807, 2.05) is 13.8 Å². The van der Waals surface area contributed by atoms with Crippen molar-refractivity contribution in [1.29, 1.82) is 0 Å². The number of carboxylic acid groups (broad SMARTS) is 1. The molecule has 0 aromatic heterocycles. The molecule has 0 unspecified atom stereocenters. The smallest absolute Gasteiger partial charge is 0.337 e. The maximum absolute atomic E-state index is 12.0. The first kappa shape index (κ1) is 14.7. The summed E-state index contributed by atoms with van der Waals surface area (Å²) in [4.78, 5) is 10.8. The molecule has 0 heterocycles. The zero-order chi connectivity index (χ0) is 13.8. The molecule has 0 aliphatic carbocycles. The van der Waals surface area contributed by atoms with Gasteiger partial charge in [-0.2, -0.15) is 0 Å².